The van der Waals surface area contributed by atoms with Gasteiger partial charge in [-0.25, -0.2) is 0 Å². The smallest absolute Gasteiger partial charge is 0.151 e. The Morgan fingerprint density at radius 1 is 1.04 bits per heavy atom. The van der Waals surface area contributed by atoms with Gasteiger partial charge in [0, 0.05) is 56.5 Å². The molecule has 0 atom stereocenters. The van der Waals surface area contributed by atoms with Crippen molar-refractivity contribution < 1.29 is 4.74 Å². The third-order valence-electron chi connectivity index (χ3n) is 5.42. The van der Waals surface area contributed by atoms with Gasteiger partial charge in [-0.05, 0) is 41.5 Å². The summed E-state index contributed by atoms with van der Waals surface area (Å²) in [5.74, 6) is 2.65. The summed E-state index contributed by atoms with van der Waals surface area (Å²) < 4.78 is 5.57. The van der Waals surface area contributed by atoms with Crippen LogP contribution in [-0.4, -0.2) is 41.4 Å². The van der Waals surface area contributed by atoms with Gasteiger partial charge >= 0.3 is 0 Å². The van der Waals surface area contributed by atoms with E-state index in [4.69, 9.17) is 4.74 Å². The number of aromatic nitrogens is 3. The average molecular weight is 373 g/mol. The van der Waals surface area contributed by atoms with Crippen molar-refractivity contribution in [3.8, 4) is 17.0 Å². The van der Waals surface area contributed by atoms with E-state index < -0.39 is 0 Å². The van der Waals surface area contributed by atoms with Gasteiger partial charge in [-0.3, -0.25) is 4.98 Å². The molecule has 2 aliphatic heterocycles. The van der Waals surface area contributed by atoms with Gasteiger partial charge < -0.3 is 15.0 Å². The van der Waals surface area contributed by atoms with Gasteiger partial charge in [-0.15, -0.1) is 10.2 Å². The summed E-state index contributed by atoms with van der Waals surface area (Å²) in [6, 6.07) is 14.5. The molecule has 5 rings (SSSR count). The maximum Gasteiger partial charge on any atom is 0.151 e. The van der Waals surface area contributed by atoms with Crippen LogP contribution in [0.4, 0.5) is 5.82 Å². The highest BCUT2D eigenvalue weighted by Gasteiger charge is 2.27. The van der Waals surface area contributed by atoms with Gasteiger partial charge in [0.05, 0.1) is 12.3 Å². The van der Waals surface area contributed by atoms with Crippen molar-refractivity contribution in [2.24, 2.45) is 5.92 Å². The maximum absolute atomic E-state index is 5.57. The van der Waals surface area contributed by atoms with Crippen LogP contribution < -0.4 is 15.0 Å². The first kappa shape index (κ1) is 17.1. The molecule has 0 aliphatic carbocycles. The van der Waals surface area contributed by atoms with E-state index in [1.165, 1.54) is 11.1 Å². The molecule has 0 spiro atoms. The minimum absolute atomic E-state index is 0.652. The lowest BCUT2D eigenvalue weighted by molar-refractivity contribution is 0.356. The Morgan fingerprint density at radius 3 is 2.75 bits per heavy atom. The third kappa shape index (κ3) is 3.55. The van der Waals surface area contributed by atoms with Crippen molar-refractivity contribution in [3.05, 3.63) is 66.0 Å². The number of nitrogens with zero attached hydrogens (tertiary/aromatic N) is 4. The van der Waals surface area contributed by atoms with Crippen LogP contribution in [0.2, 0.25) is 0 Å². The highest BCUT2D eigenvalue weighted by atomic mass is 16.5. The lowest BCUT2D eigenvalue weighted by atomic mass is 10.00. The standard InChI is InChI=1S/C22H23N5O/c1-3-21-19(7-10-28-21)11-16(1)12-24-13-17-14-27(15-17)22-4-2-20(25-26-22)18-5-8-23-9-6-18/h1-6,8-9,11,17,24H,7,10,12-15H2. The quantitative estimate of drug-likeness (QED) is 0.717. The molecule has 0 radical (unpaired) electrons. The van der Waals surface area contributed by atoms with Gasteiger partial charge in [-0.1, -0.05) is 12.1 Å². The van der Waals surface area contributed by atoms with Crippen molar-refractivity contribution in [2.45, 2.75) is 13.0 Å². The number of hydrogen-bond acceptors (Lipinski definition) is 6. The highest BCUT2D eigenvalue weighted by molar-refractivity contribution is 5.59. The number of benzene rings is 1. The van der Waals surface area contributed by atoms with Gasteiger partial charge in [0.25, 0.3) is 0 Å². The molecule has 6 nitrogen and oxygen atoms in total. The molecule has 2 aromatic heterocycles. The fraction of sp³-hybridized carbons (Fsp3) is 0.318. The zero-order valence-corrected chi connectivity index (χ0v) is 15.7. The van der Waals surface area contributed by atoms with Crippen LogP contribution in [0.15, 0.2) is 54.9 Å². The van der Waals surface area contributed by atoms with E-state index in [-0.39, 0.29) is 0 Å². The van der Waals surface area contributed by atoms with E-state index in [0.29, 0.717) is 5.92 Å². The summed E-state index contributed by atoms with van der Waals surface area (Å²) in [5.41, 5.74) is 4.59. The Morgan fingerprint density at radius 2 is 1.93 bits per heavy atom. The summed E-state index contributed by atoms with van der Waals surface area (Å²) in [7, 11) is 0. The van der Waals surface area contributed by atoms with Crippen molar-refractivity contribution in [1.82, 2.24) is 20.5 Å². The predicted octanol–water partition coefficient (Wildman–Crippen LogP) is 2.70. The van der Waals surface area contributed by atoms with E-state index >= 15 is 0 Å². The van der Waals surface area contributed by atoms with Crippen LogP contribution in [0, 0.1) is 5.92 Å². The fourth-order valence-electron chi connectivity index (χ4n) is 3.83. The van der Waals surface area contributed by atoms with Gasteiger partial charge in [-0.2, -0.15) is 0 Å². The average Bonchev–Trinajstić information content (AvgIpc) is 3.18. The molecule has 0 bridgehead atoms. The normalized spacial score (nSPS) is 15.8. The topological polar surface area (TPSA) is 63.2 Å². The molecule has 0 amide bonds. The second kappa shape index (κ2) is 7.56. The molecule has 1 N–H and O–H groups in total. The first-order chi connectivity index (χ1) is 13.8. The van der Waals surface area contributed by atoms with Crippen LogP contribution in [0.3, 0.4) is 0 Å². The molecule has 2 aliphatic rings. The fourth-order valence-corrected chi connectivity index (χ4v) is 3.83. The first-order valence-electron chi connectivity index (χ1n) is 9.79. The first-order valence-corrected chi connectivity index (χ1v) is 9.79. The van der Waals surface area contributed by atoms with E-state index in [9.17, 15) is 0 Å². The molecule has 1 fully saturated rings. The van der Waals surface area contributed by atoms with Gasteiger partial charge in [0.2, 0.25) is 0 Å². The van der Waals surface area contributed by atoms with E-state index in [0.717, 1.165) is 62.0 Å². The van der Waals surface area contributed by atoms with Gasteiger partial charge in [0.15, 0.2) is 5.82 Å². The lowest BCUT2D eigenvalue weighted by Gasteiger charge is -2.40. The Hall–Kier alpha value is -2.99. The molecule has 1 aromatic carbocycles. The van der Waals surface area contributed by atoms with Crippen molar-refractivity contribution >= 4 is 5.82 Å². The summed E-state index contributed by atoms with van der Waals surface area (Å²) in [4.78, 5) is 6.32. The Bertz CT molecular complexity index is 939. The SMILES string of the molecule is c1cc(-c2ccc(N3CC(CNCc4ccc5c(c4)CCO5)C3)nn2)ccn1. The largest absolute Gasteiger partial charge is 0.493 e. The zero-order valence-electron chi connectivity index (χ0n) is 15.7. The van der Waals surface area contributed by atoms with Crippen molar-refractivity contribution in [3.63, 3.8) is 0 Å². The van der Waals surface area contributed by atoms with Gasteiger partial charge in [0.1, 0.15) is 5.75 Å². The molecule has 0 saturated carbocycles. The minimum Gasteiger partial charge on any atom is -0.493 e. The highest BCUT2D eigenvalue weighted by Crippen LogP contribution is 2.26. The monoisotopic (exact) mass is 373 g/mol. The second-order valence-corrected chi connectivity index (χ2v) is 7.46. The van der Waals surface area contributed by atoms with Crippen LogP contribution in [0.25, 0.3) is 11.3 Å². The molecule has 28 heavy (non-hydrogen) atoms. The zero-order chi connectivity index (χ0) is 18.8. The van der Waals surface area contributed by atoms with Crippen LogP contribution in [0.1, 0.15) is 11.1 Å². The van der Waals surface area contributed by atoms with Crippen LogP contribution >= 0.6 is 0 Å². The molecule has 3 aromatic rings. The maximum atomic E-state index is 5.57. The van der Waals surface area contributed by atoms with Crippen molar-refractivity contribution in [1.29, 1.82) is 0 Å². The molecular formula is C22H23N5O. The number of anilines is 1. The van der Waals surface area contributed by atoms with E-state index in [1.54, 1.807) is 12.4 Å². The predicted molar refractivity (Wildman–Crippen MR) is 108 cm³/mol. The molecule has 4 heterocycles. The van der Waals surface area contributed by atoms with Crippen LogP contribution in [0.5, 0.6) is 5.75 Å². The summed E-state index contributed by atoms with van der Waals surface area (Å²) >= 11 is 0. The number of fused-ring (bicyclic) bond motifs is 1. The van der Waals surface area contributed by atoms with E-state index in [1.807, 2.05) is 18.2 Å². The summed E-state index contributed by atoms with van der Waals surface area (Å²) in [6.45, 7) is 4.79. The molecule has 6 heteroatoms. The van der Waals surface area contributed by atoms with Crippen LogP contribution in [-0.2, 0) is 13.0 Å². The number of nitrogens with one attached hydrogen (secondary N) is 1. The molecular weight excluding hydrogens is 350 g/mol. The Labute approximate surface area is 164 Å². The Kier molecular flexibility index (Phi) is 4.62. The number of pyridine rings is 1. The van der Waals surface area contributed by atoms with E-state index in [2.05, 4.69) is 49.7 Å². The summed E-state index contributed by atoms with van der Waals surface area (Å²) in [5, 5.41) is 12.3. The third-order valence-corrected chi connectivity index (χ3v) is 5.42. The summed E-state index contributed by atoms with van der Waals surface area (Å²) in [6.07, 6.45) is 4.57. The molecule has 142 valence electrons. The lowest BCUT2D eigenvalue weighted by Crippen LogP contribution is -2.51. The molecule has 1 saturated heterocycles. The number of rotatable bonds is 6. The minimum atomic E-state index is 0.652. The molecule has 0 unspecified atom stereocenters. The Balaban J connectivity index is 1.09. The number of hydrogen-bond donors (Lipinski definition) is 1. The van der Waals surface area contributed by atoms with Crippen molar-refractivity contribution in [2.75, 3.05) is 31.1 Å². The second-order valence-electron chi connectivity index (χ2n) is 7.46. The number of ether oxygens (including phenoxy) is 1.